The van der Waals surface area contributed by atoms with Crippen molar-refractivity contribution >= 4 is 41.5 Å². The highest BCUT2D eigenvalue weighted by Gasteiger charge is 2.40. The number of piperidine rings is 1. The number of hydrogen-bond acceptors (Lipinski definition) is 3. The third-order valence-corrected chi connectivity index (χ3v) is 6.06. The molecule has 2 amide bonds. The minimum atomic E-state index is -0.537. The number of amides is 2. The smallest absolute Gasteiger partial charge is 0.239 e. The maximum atomic E-state index is 12.9. The van der Waals surface area contributed by atoms with Gasteiger partial charge < -0.3 is 15.1 Å². The zero-order chi connectivity index (χ0) is 18.1. The second-order valence-corrected chi connectivity index (χ2v) is 8.20. The van der Waals surface area contributed by atoms with E-state index in [4.69, 9.17) is 11.6 Å². The van der Waals surface area contributed by atoms with Crippen LogP contribution in [0.4, 0.5) is 5.69 Å². The van der Waals surface area contributed by atoms with Gasteiger partial charge in [-0.15, -0.1) is 12.4 Å². The number of nitrogens with zero attached hydrogens (tertiary/aromatic N) is 2. The minimum absolute atomic E-state index is 0. The molecule has 2 heterocycles. The second-order valence-electron chi connectivity index (χ2n) is 7.76. The molecule has 27 heavy (non-hydrogen) atoms. The topological polar surface area (TPSA) is 52.7 Å². The third kappa shape index (κ3) is 4.76. The van der Waals surface area contributed by atoms with E-state index in [1.165, 1.54) is 12.8 Å². The normalized spacial score (nSPS) is 23.4. The molecule has 7 heteroatoms. The Hall–Kier alpha value is -1.30. The first-order chi connectivity index (χ1) is 12.6. The number of rotatable bonds is 5. The fourth-order valence-electron chi connectivity index (χ4n) is 3.99. The van der Waals surface area contributed by atoms with Crippen LogP contribution in [0.2, 0.25) is 5.02 Å². The van der Waals surface area contributed by atoms with Gasteiger partial charge in [0.05, 0.1) is 0 Å². The molecule has 1 N–H and O–H groups in total. The number of halogens is 2. The standard InChI is InChI=1S/C20H26ClN3O2.ClH/c21-15-2-1-3-17(12-15)24-11-8-18(20(24)26)19(25)23-9-6-16(7-10-23)22-13-14-4-5-14;/h1-3,12,14,16,18,22H,4-11,13H2;1H. The zero-order valence-corrected chi connectivity index (χ0v) is 17.0. The van der Waals surface area contributed by atoms with Crippen LogP contribution in [0.1, 0.15) is 32.1 Å². The first-order valence-corrected chi connectivity index (χ1v) is 10.1. The lowest BCUT2D eigenvalue weighted by Gasteiger charge is -2.33. The molecule has 3 fully saturated rings. The van der Waals surface area contributed by atoms with E-state index in [1.54, 1.807) is 17.0 Å². The number of likely N-dealkylation sites (tertiary alicyclic amines) is 1. The molecular formula is C20H27Cl2N3O2. The van der Waals surface area contributed by atoms with Gasteiger partial charge in [-0.3, -0.25) is 9.59 Å². The average Bonchev–Trinajstić information content (AvgIpc) is 3.40. The van der Waals surface area contributed by atoms with Crippen LogP contribution in [-0.4, -0.2) is 48.9 Å². The van der Waals surface area contributed by atoms with E-state index in [-0.39, 0.29) is 24.2 Å². The van der Waals surface area contributed by atoms with Gasteiger partial charge in [0, 0.05) is 36.4 Å². The molecule has 1 atom stereocenters. The summed E-state index contributed by atoms with van der Waals surface area (Å²) >= 11 is 6.04. The van der Waals surface area contributed by atoms with E-state index in [9.17, 15) is 9.59 Å². The van der Waals surface area contributed by atoms with Gasteiger partial charge in [-0.05, 0) is 62.8 Å². The fourth-order valence-corrected chi connectivity index (χ4v) is 4.17. The van der Waals surface area contributed by atoms with Crippen molar-refractivity contribution in [3.05, 3.63) is 29.3 Å². The summed E-state index contributed by atoms with van der Waals surface area (Å²) in [7, 11) is 0. The molecule has 1 aromatic carbocycles. The molecule has 2 saturated heterocycles. The molecule has 1 aliphatic carbocycles. The average molecular weight is 412 g/mol. The lowest BCUT2D eigenvalue weighted by atomic mass is 10.0. The Morgan fingerprint density at radius 1 is 1.11 bits per heavy atom. The van der Waals surface area contributed by atoms with Crippen molar-refractivity contribution < 1.29 is 9.59 Å². The maximum Gasteiger partial charge on any atom is 0.239 e. The summed E-state index contributed by atoms with van der Waals surface area (Å²) < 4.78 is 0. The predicted molar refractivity (Wildman–Crippen MR) is 109 cm³/mol. The third-order valence-electron chi connectivity index (χ3n) is 5.82. The van der Waals surface area contributed by atoms with E-state index in [2.05, 4.69) is 5.32 Å². The quantitative estimate of drug-likeness (QED) is 0.757. The maximum absolute atomic E-state index is 12.9. The van der Waals surface area contributed by atoms with Crippen molar-refractivity contribution in [2.75, 3.05) is 31.1 Å². The van der Waals surface area contributed by atoms with Crippen LogP contribution in [0, 0.1) is 11.8 Å². The SMILES string of the molecule is Cl.O=C(C1CCN(c2cccc(Cl)c2)C1=O)N1CCC(NCC2CC2)CC1. The molecule has 5 nitrogen and oxygen atoms in total. The fraction of sp³-hybridized carbons (Fsp3) is 0.600. The number of benzene rings is 1. The molecule has 0 radical (unpaired) electrons. The molecular weight excluding hydrogens is 385 g/mol. The van der Waals surface area contributed by atoms with Crippen LogP contribution >= 0.6 is 24.0 Å². The van der Waals surface area contributed by atoms with Crippen molar-refractivity contribution in [2.45, 2.75) is 38.1 Å². The largest absolute Gasteiger partial charge is 0.342 e. The van der Waals surface area contributed by atoms with Gasteiger partial charge in [0.1, 0.15) is 5.92 Å². The van der Waals surface area contributed by atoms with Crippen molar-refractivity contribution in [1.82, 2.24) is 10.2 Å². The van der Waals surface area contributed by atoms with Gasteiger partial charge in [-0.1, -0.05) is 17.7 Å². The predicted octanol–water partition coefficient (Wildman–Crippen LogP) is 3.11. The summed E-state index contributed by atoms with van der Waals surface area (Å²) in [4.78, 5) is 29.2. The Bertz CT molecular complexity index is 688. The van der Waals surface area contributed by atoms with Gasteiger partial charge in [-0.2, -0.15) is 0 Å². The molecule has 148 valence electrons. The first kappa shape index (κ1) is 20.4. The van der Waals surface area contributed by atoms with Crippen molar-refractivity contribution in [1.29, 1.82) is 0 Å². The van der Waals surface area contributed by atoms with E-state index < -0.39 is 5.92 Å². The Kier molecular flexibility index (Phi) is 6.66. The highest BCUT2D eigenvalue weighted by atomic mass is 35.5. The van der Waals surface area contributed by atoms with E-state index in [0.29, 0.717) is 24.0 Å². The van der Waals surface area contributed by atoms with Crippen LogP contribution in [-0.2, 0) is 9.59 Å². The molecule has 0 aromatic heterocycles. The molecule has 1 unspecified atom stereocenters. The van der Waals surface area contributed by atoms with Crippen molar-refractivity contribution in [3.63, 3.8) is 0 Å². The lowest BCUT2D eigenvalue weighted by molar-refractivity contribution is -0.140. The molecule has 3 aliphatic rings. The molecule has 0 bridgehead atoms. The van der Waals surface area contributed by atoms with E-state index in [0.717, 1.165) is 44.1 Å². The Morgan fingerprint density at radius 3 is 2.52 bits per heavy atom. The number of nitrogens with one attached hydrogen (secondary N) is 1. The molecule has 0 spiro atoms. The Labute approximate surface area is 171 Å². The number of hydrogen-bond donors (Lipinski definition) is 1. The first-order valence-electron chi connectivity index (χ1n) is 9.71. The second kappa shape index (κ2) is 8.80. The summed E-state index contributed by atoms with van der Waals surface area (Å²) in [5.41, 5.74) is 0.779. The zero-order valence-electron chi connectivity index (χ0n) is 15.4. The van der Waals surface area contributed by atoms with Gasteiger partial charge >= 0.3 is 0 Å². The minimum Gasteiger partial charge on any atom is -0.342 e. The van der Waals surface area contributed by atoms with Crippen LogP contribution in [0.3, 0.4) is 0 Å². The van der Waals surface area contributed by atoms with Crippen LogP contribution in [0.25, 0.3) is 0 Å². The summed E-state index contributed by atoms with van der Waals surface area (Å²) in [6, 6.07) is 7.79. The van der Waals surface area contributed by atoms with Gasteiger partial charge in [0.15, 0.2) is 0 Å². The van der Waals surface area contributed by atoms with Gasteiger partial charge in [0.25, 0.3) is 0 Å². The Balaban J connectivity index is 0.00000210. The number of carbonyl (C=O) groups excluding carboxylic acids is 2. The van der Waals surface area contributed by atoms with Crippen molar-refractivity contribution in [2.24, 2.45) is 11.8 Å². The molecule has 1 aromatic rings. The van der Waals surface area contributed by atoms with E-state index in [1.807, 2.05) is 17.0 Å². The molecule has 1 saturated carbocycles. The van der Waals surface area contributed by atoms with E-state index >= 15 is 0 Å². The Morgan fingerprint density at radius 2 is 1.85 bits per heavy atom. The number of carbonyl (C=O) groups is 2. The summed E-state index contributed by atoms with van der Waals surface area (Å²) in [5.74, 6) is 0.250. The molecule has 4 rings (SSSR count). The van der Waals surface area contributed by atoms with Gasteiger partial charge in [0.2, 0.25) is 11.8 Å². The highest BCUT2D eigenvalue weighted by Crippen LogP contribution is 2.30. The number of anilines is 1. The monoisotopic (exact) mass is 411 g/mol. The summed E-state index contributed by atoms with van der Waals surface area (Å²) in [6.07, 6.45) is 5.27. The van der Waals surface area contributed by atoms with Crippen molar-refractivity contribution in [3.8, 4) is 0 Å². The lowest BCUT2D eigenvalue weighted by Crippen LogP contribution is -2.48. The summed E-state index contributed by atoms with van der Waals surface area (Å²) in [6.45, 7) is 3.20. The molecule has 2 aliphatic heterocycles. The van der Waals surface area contributed by atoms with Crippen LogP contribution < -0.4 is 10.2 Å². The van der Waals surface area contributed by atoms with Gasteiger partial charge in [-0.25, -0.2) is 0 Å². The highest BCUT2D eigenvalue weighted by molar-refractivity contribution is 6.31. The van der Waals surface area contributed by atoms with Crippen LogP contribution in [0.5, 0.6) is 0 Å². The summed E-state index contributed by atoms with van der Waals surface area (Å²) in [5, 5.41) is 4.23. The van der Waals surface area contributed by atoms with Crippen LogP contribution in [0.15, 0.2) is 24.3 Å².